The van der Waals surface area contributed by atoms with Crippen LogP contribution in [0.4, 0.5) is 0 Å². The van der Waals surface area contributed by atoms with Crippen LogP contribution in [-0.4, -0.2) is 41.8 Å². The van der Waals surface area contributed by atoms with E-state index < -0.39 is 0 Å². The van der Waals surface area contributed by atoms with Crippen LogP contribution >= 0.6 is 11.8 Å². The van der Waals surface area contributed by atoms with E-state index in [1.807, 2.05) is 43.0 Å². The molecule has 3 heteroatoms. The third kappa shape index (κ3) is 3.33. The minimum atomic E-state index is 0.230. The van der Waals surface area contributed by atoms with E-state index in [0.717, 1.165) is 16.9 Å². The number of carbonyl (C=O) groups is 1. The highest BCUT2D eigenvalue weighted by atomic mass is 32.2. The molecule has 1 aliphatic rings. The molecular weight excluding hydrogens is 230 g/mol. The van der Waals surface area contributed by atoms with Gasteiger partial charge in [0, 0.05) is 17.4 Å². The molecule has 1 aromatic carbocycles. The number of ketones is 1. The summed E-state index contributed by atoms with van der Waals surface area (Å²) in [7, 11) is 2.06. The second-order valence-corrected chi connectivity index (χ2v) is 5.88. The Hall–Kier alpha value is -0.800. The predicted octanol–water partition coefficient (Wildman–Crippen LogP) is 2.62. The van der Waals surface area contributed by atoms with Crippen molar-refractivity contribution < 1.29 is 4.79 Å². The van der Waals surface area contributed by atoms with Crippen molar-refractivity contribution in [3.63, 3.8) is 0 Å². The van der Waals surface area contributed by atoms with E-state index in [4.69, 9.17) is 0 Å². The zero-order chi connectivity index (χ0) is 12.3. The molecule has 0 amide bonds. The van der Waals surface area contributed by atoms with E-state index in [-0.39, 0.29) is 5.78 Å². The first-order valence-electron chi connectivity index (χ1n) is 6.04. The number of hydrogen-bond donors (Lipinski definition) is 0. The standard InChI is InChI=1S/C14H19NOS/c1-11-4-3-5-12(8-11)14(16)9-15(2)13-6-7-17-10-13/h3-5,8,13H,6-7,9-10H2,1-2H3. The van der Waals surface area contributed by atoms with Crippen molar-refractivity contribution in [2.24, 2.45) is 0 Å². The zero-order valence-corrected chi connectivity index (χ0v) is 11.3. The van der Waals surface area contributed by atoms with Crippen molar-refractivity contribution in [3.8, 4) is 0 Å². The number of aryl methyl sites for hydroxylation is 1. The Labute approximate surface area is 107 Å². The Balaban J connectivity index is 1.96. The molecule has 2 nitrogen and oxygen atoms in total. The number of nitrogens with zero attached hydrogens (tertiary/aromatic N) is 1. The van der Waals surface area contributed by atoms with Crippen LogP contribution in [0.2, 0.25) is 0 Å². The van der Waals surface area contributed by atoms with Crippen molar-refractivity contribution in [2.75, 3.05) is 25.1 Å². The van der Waals surface area contributed by atoms with Crippen LogP contribution in [0.15, 0.2) is 24.3 Å². The largest absolute Gasteiger partial charge is 0.295 e. The highest BCUT2D eigenvalue weighted by molar-refractivity contribution is 7.99. The highest BCUT2D eigenvalue weighted by Gasteiger charge is 2.21. The number of rotatable bonds is 4. The smallest absolute Gasteiger partial charge is 0.176 e. The Morgan fingerprint density at radius 1 is 1.53 bits per heavy atom. The van der Waals surface area contributed by atoms with Gasteiger partial charge in [0.1, 0.15) is 0 Å². The van der Waals surface area contributed by atoms with Crippen LogP contribution in [-0.2, 0) is 0 Å². The van der Waals surface area contributed by atoms with Gasteiger partial charge in [0.2, 0.25) is 0 Å². The fourth-order valence-corrected chi connectivity index (χ4v) is 3.43. The molecule has 1 aromatic rings. The van der Waals surface area contributed by atoms with Crippen molar-refractivity contribution in [3.05, 3.63) is 35.4 Å². The van der Waals surface area contributed by atoms with Gasteiger partial charge in [0.25, 0.3) is 0 Å². The van der Waals surface area contributed by atoms with Gasteiger partial charge in [-0.3, -0.25) is 9.69 Å². The van der Waals surface area contributed by atoms with E-state index >= 15 is 0 Å². The minimum absolute atomic E-state index is 0.230. The van der Waals surface area contributed by atoms with Gasteiger partial charge >= 0.3 is 0 Å². The molecule has 0 aliphatic carbocycles. The number of Topliss-reactive ketones (excluding diaryl/α,β-unsaturated/α-hetero) is 1. The van der Waals surface area contributed by atoms with Crippen LogP contribution in [0.3, 0.4) is 0 Å². The maximum absolute atomic E-state index is 12.1. The van der Waals surface area contributed by atoms with Crippen molar-refractivity contribution in [2.45, 2.75) is 19.4 Å². The molecular formula is C14H19NOS. The van der Waals surface area contributed by atoms with Crippen LogP contribution in [0, 0.1) is 6.92 Å². The van der Waals surface area contributed by atoms with Crippen molar-refractivity contribution >= 4 is 17.5 Å². The van der Waals surface area contributed by atoms with Crippen LogP contribution in [0.5, 0.6) is 0 Å². The molecule has 0 N–H and O–H groups in total. The second kappa shape index (κ2) is 5.69. The average molecular weight is 249 g/mol. The van der Waals surface area contributed by atoms with E-state index in [2.05, 4.69) is 11.9 Å². The number of hydrogen-bond acceptors (Lipinski definition) is 3. The molecule has 0 saturated carbocycles. The molecule has 17 heavy (non-hydrogen) atoms. The molecule has 2 rings (SSSR count). The molecule has 1 atom stereocenters. The van der Waals surface area contributed by atoms with E-state index in [1.54, 1.807) is 0 Å². The minimum Gasteiger partial charge on any atom is -0.295 e. The van der Waals surface area contributed by atoms with Gasteiger partial charge in [-0.2, -0.15) is 11.8 Å². The van der Waals surface area contributed by atoms with E-state index in [0.29, 0.717) is 12.6 Å². The molecule has 0 aromatic heterocycles. The maximum atomic E-state index is 12.1. The summed E-state index contributed by atoms with van der Waals surface area (Å²) < 4.78 is 0. The highest BCUT2D eigenvalue weighted by Crippen LogP contribution is 2.21. The summed E-state index contributed by atoms with van der Waals surface area (Å²) in [4.78, 5) is 14.3. The first-order valence-corrected chi connectivity index (χ1v) is 7.20. The van der Waals surface area contributed by atoms with Crippen molar-refractivity contribution in [1.29, 1.82) is 0 Å². The van der Waals surface area contributed by atoms with Crippen LogP contribution in [0.25, 0.3) is 0 Å². The number of benzene rings is 1. The molecule has 1 aliphatic heterocycles. The molecule has 92 valence electrons. The molecule has 1 heterocycles. The fraction of sp³-hybridized carbons (Fsp3) is 0.500. The molecule has 0 bridgehead atoms. The quantitative estimate of drug-likeness (QED) is 0.765. The fourth-order valence-electron chi connectivity index (χ4n) is 2.14. The third-order valence-electron chi connectivity index (χ3n) is 3.26. The summed E-state index contributed by atoms with van der Waals surface area (Å²) in [5, 5.41) is 0. The lowest BCUT2D eigenvalue weighted by Gasteiger charge is -2.22. The summed E-state index contributed by atoms with van der Waals surface area (Å²) in [6, 6.07) is 8.43. The van der Waals surface area contributed by atoms with Gasteiger partial charge in [-0.1, -0.05) is 23.8 Å². The second-order valence-electron chi connectivity index (χ2n) is 4.73. The monoisotopic (exact) mass is 249 g/mol. The first kappa shape index (κ1) is 12.7. The van der Waals surface area contributed by atoms with Gasteiger partial charge in [-0.25, -0.2) is 0 Å². The molecule has 0 spiro atoms. The topological polar surface area (TPSA) is 20.3 Å². The number of likely N-dealkylation sites (N-methyl/N-ethyl adjacent to an activating group) is 1. The van der Waals surface area contributed by atoms with Crippen molar-refractivity contribution in [1.82, 2.24) is 4.90 Å². The average Bonchev–Trinajstić information content (AvgIpc) is 2.82. The summed E-state index contributed by atoms with van der Waals surface area (Å²) in [5.41, 5.74) is 1.98. The Bertz CT molecular complexity index is 399. The first-order chi connectivity index (χ1) is 8.16. The summed E-state index contributed by atoms with van der Waals surface area (Å²) in [6.45, 7) is 2.56. The summed E-state index contributed by atoms with van der Waals surface area (Å²) in [5.74, 6) is 2.62. The number of thioether (sulfide) groups is 1. The maximum Gasteiger partial charge on any atom is 0.176 e. The number of carbonyl (C=O) groups excluding carboxylic acids is 1. The molecule has 1 fully saturated rings. The van der Waals surface area contributed by atoms with Gasteiger partial charge in [-0.15, -0.1) is 0 Å². The Morgan fingerprint density at radius 3 is 3.00 bits per heavy atom. The zero-order valence-electron chi connectivity index (χ0n) is 10.5. The predicted molar refractivity (Wildman–Crippen MR) is 73.9 cm³/mol. The molecule has 0 radical (unpaired) electrons. The lowest BCUT2D eigenvalue weighted by Crippen LogP contribution is -2.35. The van der Waals surface area contributed by atoms with E-state index in [9.17, 15) is 4.79 Å². The Morgan fingerprint density at radius 2 is 2.35 bits per heavy atom. The SMILES string of the molecule is Cc1cccc(C(=O)CN(C)C2CCSC2)c1. The van der Waals surface area contributed by atoms with Gasteiger partial charge in [-0.05, 0) is 32.2 Å². The van der Waals surface area contributed by atoms with E-state index in [1.165, 1.54) is 12.2 Å². The molecule has 1 saturated heterocycles. The summed E-state index contributed by atoms with van der Waals surface area (Å²) in [6.07, 6.45) is 1.21. The summed E-state index contributed by atoms with van der Waals surface area (Å²) >= 11 is 1.98. The van der Waals surface area contributed by atoms with Crippen LogP contribution < -0.4 is 0 Å². The molecule has 1 unspecified atom stereocenters. The van der Waals surface area contributed by atoms with Gasteiger partial charge in [0.05, 0.1) is 6.54 Å². The van der Waals surface area contributed by atoms with Crippen LogP contribution in [0.1, 0.15) is 22.3 Å². The Kier molecular flexibility index (Phi) is 4.24. The lowest BCUT2D eigenvalue weighted by molar-refractivity contribution is 0.0926. The third-order valence-corrected chi connectivity index (χ3v) is 4.41. The normalized spacial score (nSPS) is 19.8. The van der Waals surface area contributed by atoms with Gasteiger partial charge < -0.3 is 0 Å². The lowest BCUT2D eigenvalue weighted by atomic mass is 10.1. The van der Waals surface area contributed by atoms with Gasteiger partial charge in [0.15, 0.2) is 5.78 Å².